The van der Waals surface area contributed by atoms with E-state index in [1.165, 1.54) is 24.4 Å². The van der Waals surface area contributed by atoms with Crippen LogP contribution in [-0.4, -0.2) is 48.8 Å². The summed E-state index contributed by atoms with van der Waals surface area (Å²) in [5.74, 6) is 1.70. The molecule has 2 heterocycles. The Morgan fingerprint density at radius 2 is 2.41 bits per heavy atom. The highest BCUT2D eigenvalue weighted by molar-refractivity contribution is 7.09. The summed E-state index contributed by atoms with van der Waals surface area (Å²) in [5, 5.41) is 4.22. The highest BCUT2D eigenvalue weighted by Crippen LogP contribution is 2.39. The molecule has 0 spiro atoms. The fourth-order valence-electron chi connectivity index (χ4n) is 2.11. The molecule has 1 N–H and O–H groups in total. The molecule has 0 radical (unpaired) electrons. The highest BCUT2D eigenvalue weighted by atomic mass is 32.1. The van der Waals surface area contributed by atoms with E-state index < -0.39 is 0 Å². The summed E-state index contributed by atoms with van der Waals surface area (Å²) in [6.07, 6.45) is 2.80. The van der Waals surface area contributed by atoms with E-state index in [4.69, 9.17) is 4.74 Å². The molecule has 0 bridgehead atoms. The van der Waals surface area contributed by atoms with Crippen molar-refractivity contribution in [3.05, 3.63) is 5.82 Å². The Bertz CT molecular complexity index is 377. The smallest absolute Gasteiger partial charge is 0.205 e. The summed E-state index contributed by atoms with van der Waals surface area (Å²) in [7, 11) is 1.96. The maximum absolute atomic E-state index is 5.69. The van der Waals surface area contributed by atoms with Gasteiger partial charge >= 0.3 is 0 Å². The molecule has 0 amide bonds. The van der Waals surface area contributed by atoms with E-state index in [2.05, 4.69) is 19.6 Å². The number of likely N-dealkylation sites (N-methyl/N-ethyl adjacent to an activating group) is 1. The molecular weight excluding hydrogens is 236 g/mol. The zero-order chi connectivity index (χ0) is 11.7. The third kappa shape index (κ3) is 2.59. The molecule has 94 valence electrons. The lowest BCUT2D eigenvalue weighted by Crippen LogP contribution is -2.46. The zero-order valence-corrected chi connectivity index (χ0v) is 10.9. The molecule has 1 unspecified atom stereocenters. The van der Waals surface area contributed by atoms with Crippen LogP contribution in [0, 0.1) is 0 Å². The van der Waals surface area contributed by atoms with E-state index in [1.54, 1.807) is 0 Å². The standard InChI is InChI=1S/C11H18N4OS/c1-12-6-9-7-15(4-5-16-9)11-13-10(14-17-11)8-2-3-8/h8-9,12H,2-7H2,1H3. The van der Waals surface area contributed by atoms with Crippen molar-refractivity contribution in [2.45, 2.75) is 24.9 Å². The predicted molar refractivity (Wildman–Crippen MR) is 67.8 cm³/mol. The minimum absolute atomic E-state index is 0.266. The van der Waals surface area contributed by atoms with Crippen LogP contribution in [0.1, 0.15) is 24.6 Å². The summed E-state index contributed by atoms with van der Waals surface area (Å²) in [4.78, 5) is 6.95. The van der Waals surface area contributed by atoms with Gasteiger partial charge in [0.05, 0.1) is 12.7 Å². The largest absolute Gasteiger partial charge is 0.373 e. The molecule has 1 aromatic heterocycles. The van der Waals surface area contributed by atoms with Gasteiger partial charge in [-0.15, -0.1) is 0 Å². The molecule has 5 nitrogen and oxygen atoms in total. The maximum Gasteiger partial charge on any atom is 0.205 e. The topological polar surface area (TPSA) is 50.3 Å². The molecule has 3 rings (SSSR count). The van der Waals surface area contributed by atoms with E-state index in [0.29, 0.717) is 5.92 Å². The second-order valence-electron chi connectivity index (χ2n) is 4.71. The van der Waals surface area contributed by atoms with E-state index in [9.17, 15) is 0 Å². The van der Waals surface area contributed by atoms with Gasteiger partial charge in [0.2, 0.25) is 5.13 Å². The number of ether oxygens (including phenoxy) is 1. The van der Waals surface area contributed by atoms with E-state index in [-0.39, 0.29) is 6.10 Å². The third-order valence-corrected chi connectivity index (χ3v) is 4.01. The van der Waals surface area contributed by atoms with E-state index in [1.807, 2.05) is 7.05 Å². The first-order valence-corrected chi connectivity index (χ1v) is 6.99. The van der Waals surface area contributed by atoms with Gasteiger partial charge in [0.15, 0.2) is 0 Å². The van der Waals surface area contributed by atoms with Crippen molar-refractivity contribution < 1.29 is 4.74 Å². The van der Waals surface area contributed by atoms with Gasteiger partial charge in [0, 0.05) is 37.1 Å². The first kappa shape index (κ1) is 11.4. The van der Waals surface area contributed by atoms with Crippen molar-refractivity contribution in [1.82, 2.24) is 14.7 Å². The van der Waals surface area contributed by atoms with Crippen molar-refractivity contribution in [3.8, 4) is 0 Å². The normalized spacial score (nSPS) is 25.2. The monoisotopic (exact) mass is 254 g/mol. The Balaban J connectivity index is 1.65. The predicted octanol–water partition coefficient (Wildman–Crippen LogP) is 0.840. The van der Waals surface area contributed by atoms with Crippen LogP contribution in [-0.2, 0) is 4.74 Å². The minimum Gasteiger partial charge on any atom is -0.373 e. The number of aromatic nitrogens is 2. The second-order valence-corrected chi connectivity index (χ2v) is 5.44. The van der Waals surface area contributed by atoms with Gasteiger partial charge in [-0.2, -0.15) is 4.37 Å². The number of anilines is 1. The third-order valence-electron chi connectivity index (χ3n) is 3.21. The Morgan fingerprint density at radius 3 is 3.18 bits per heavy atom. The Labute approximate surface area is 105 Å². The number of nitrogens with one attached hydrogen (secondary N) is 1. The first-order chi connectivity index (χ1) is 8.36. The fraction of sp³-hybridized carbons (Fsp3) is 0.818. The van der Waals surface area contributed by atoms with Gasteiger partial charge in [0.1, 0.15) is 5.82 Å². The molecule has 17 heavy (non-hydrogen) atoms. The Morgan fingerprint density at radius 1 is 1.53 bits per heavy atom. The van der Waals surface area contributed by atoms with Gasteiger partial charge in [-0.05, 0) is 19.9 Å². The van der Waals surface area contributed by atoms with Gasteiger partial charge in [0.25, 0.3) is 0 Å². The van der Waals surface area contributed by atoms with Crippen molar-refractivity contribution in [2.24, 2.45) is 0 Å². The summed E-state index contributed by atoms with van der Waals surface area (Å²) in [5.41, 5.74) is 0. The molecule has 1 atom stereocenters. The number of morpholine rings is 1. The quantitative estimate of drug-likeness (QED) is 0.863. The molecule has 1 saturated carbocycles. The summed E-state index contributed by atoms with van der Waals surface area (Å²) in [6.45, 7) is 3.52. The highest BCUT2D eigenvalue weighted by Gasteiger charge is 2.29. The lowest BCUT2D eigenvalue weighted by atomic mass is 10.3. The molecule has 1 aliphatic heterocycles. The van der Waals surface area contributed by atoms with Crippen molar-refractivity contribution >= 4 is 16.7 Å². The van der Waals surface area contributed by atoms with Crippen LogP contribution in [0.2, 0.25) is 0 Å². The van der Waals surface area contributed by atoms with Crippen molar-refractivity contribution in [3.63, 3.8) is 0 Å². The van der Waals surface area contributed by atoms with Gasteiger partial charge in [-0.1, -0.05) is 0 Å². The number of nitrogens with zero attached hydrogens (tertiary/aromatic N) is 3. The number of hydrogen-bond acceptors (Lipinski definition) is 6. The molecule has 1 saturated heterocycles. The minimum atomic E-state index is 0.266. The molecule has 6 heteroatoms. The van der Waals surface area contributed by atoms with Gasteiger partial charge < -0.3 is 15.0 Å². The van der Waals surface area contributed by atoms with Crippen LogP contribution in [0.15, 0.2) is 0 Å². The SMILES string of the molecule is CNCC1CN(c2nc(C3CC3)ns2)CCO1. The molecular formula is C11H18N4OS. The molecule has 1 aromatic rings. The maximum atomic E-state index is 5.69. The van der Waals surface area contributed by atoms with E-state index in [0.717, 1.165) is 37.2 Å². The Kier molecular flexibility index (Phi) is 3.26. The molecule has 0 aromatic carbocycles. The zero-order valence-electron chi connectivity index (χ0n) is 10.1. The summed E-state index contributed by atoms with van der Waals surface area (Å²) < 4.78 is 10.1. The lowest BCUT2D eigenvalue weighted by molar-refractivity contribution is 0.0421. The first-order valence-electron chi connectivity index (χ1n) is 6.21. The van der Waals surface area contributed by atoms with Crippen LogP contribution in [0.5, 0.6) is 0 Å². The van der Waals surface area contributed by atoms with Crippen molar-refractivity contribution in [2.75, 3.05) is 38.2 Å². The second kappa shape index (κ2) is 4.88. The molecule has 2 aliphatic rings. The van der Waals surface area contributed by atoms with Crippen LogP contribution in [0.25, 0.3) is 0 Å². The average Bonchev–Trinajstić information content (AvgIpc) is 3.08. The average molecular weight is 254 g/mol. The number of rotatable bonds is 4. The van der Waals surface area contributed by atoms with Crippen molar-refractivity contribution in [1.29, 1.82) is 0 Å². The van der Waals surface area contributed by atoms with Crippen LogP contribution in [0.4, 0.5) is 5.13 Å². The fourth-order valence-corrected chi connectivity index (χ4v) is 2.89. The van der Waals surface area contributed by atoms with Crippen LogP contribution in [0.3, 0.4) is 0 Å². The van der Waals surface area contributed by atoms with Crippen LogP contribution >= 0.6 is 11.5 Å². The van der Waals surface area contributed by atoms with Crippen LogP contribution < -0.4 is 10.2 Å². The lowest BCUT2D eigenvalue weighted by Gasteiger charge is -2.32. The Hall–Kier alpha value is -0.720. The van der Waals surface area contributed by atoms with E-state index >= 15 is 0 Å². The molecule has 2 fully saturated rings. The number of hydrogen-bond donors (Lipinski definition) is 1. The molecule has 1 aliphatic carbocycles. The summed E-state index contributed by atoms with van der Waals surface area (Å²) >= 11 is 1.53. The summed E-state index contributed by atoms with van der Waals surface area (Å²) in [6, 6.07) is 0. The van der Waals surface area contributed by atoms with Gasteiger partial charge in [-0.25, -0.2) is 4.98 Å². The van der Waals surface area contributed by atoms with Gasteiger partial charge in [-0.3, -0.25) is 0 Å².